The van der Waals surface area contributed by atoms with E-state index >= 15 is 0 Å². The van der Waals surface area contributed by atoms with Gasteiger partial charge in [-0.2, -0.15) is 0 Å². The van der Waals surface area contributed by atoms with E-state index in [4.69, 9.17) is 15.4 Å². The number of halogens is 1. The first-order valence-electron chi connectivity index (χ1n) is 4.77. The minimum absolute atomic E-state index is 0.0596. The highest BCUT2D eigenvalue weighted by Gasteiger charge is 2.09. The lowest BCUT2D eigenvalue weighted by molar-refractivity contribution is -0.00459. The van der Waals surface area contributed by atoms with Gasteiger partial charge in [-0.3, -0.25) is 0 Å². The van der Waals surface area contributed by atoms with Crippen LogP contribution in [0.4, 0.5) is 0 Å². The van der Waals surface area contributed by atoms with Crippen LogP contribution in [-0.4, -0.2) is 26.4 Å². The summed E-state index contributed by atoms with van der Waals surface area (Å²) in [7, 11) is 1.75. The molecule has 0 aromatic rings. The van der Waals surface area contributed by atoms with Crippen LogP contribution in [0.2, 0.25) is 0 Å². The monoisotopic (exact) mass is 242 g/mol. The predicted molar refractivity (Wildman–Crippen MR) is 59.2 cm³/mol. The summed E-state index contributed by atoms with van der Waals surface area (Å²) in [6, 6.07) is 0. The molecule has 0 saturated heterocycles. The molecule has 0 aliphatic rings. The fourth-order valence-electron chi connectivity index (χ4n) is 0.932. The SMILES string of the molecule is CC(C)(C)OCCCCCS(=O)(=O)Cl. The normalized spacial score (nSPS) is 13.1. The Balaban J connectivity index is 3.32. The van der Waals surface area contributed by atoms with Gasteiger partial charge in [-0.1, -0.05) is 6.42 Å². The summed E-state index contributed by atoms with van der Waals surface area (Å²) >= 11 is 0. The molecular weight excluding hydrogens is 224 g/mol. The van der Waals surface area contributed by atoms with Gasteiger partial charge in [0.25, 0.3) is 0 Å². The molecular formula is C9H19ClO3S. The van der Waals surface area contributed by atoms with Gasteiger partial charge in [0.05, 0.1) is 11.4 Å². The molecule has 0 aromatic carbocycles. The molecule has 0 fully saturated rings. The van der Waals surface area contributed by atoms with Crippen LogP contribution in [0, 0.1) is 0 Å². The highest BCUT2D eigenvalue weighted by Crippen LogP contribution is 2.09. The summed E-state index contributed by atoms with van der Waals surface area (Å²) < 4.78 is 26.6. The van der Waals surface area contributed by atoms with Crippen LogP contribution in [0.1, 0.15) is 40.0 Å². The van der Waals surface area contributed by atoms with Crippen molar-refractivity contribution >= 4 is 19.7 Å². The van der Waals surface area contributed by atoms with E-state index in [1.54, 1.807) is 0 Å². The third-order valence-electron chi connectivity index (χ3n) is 1.57. The highest BCUT2D eigenvalue weighted by atomic mass is 35.7. The Labute approximate surface area is 91.2 Å². The highest BCUT2D eigenvalue weighted by molar-refractivity contribution is 8.13. The minimum atomic E-state index is -3.31. The van der Waals surface area contributed by atoms with Crippen molar-refractivity contribution in [1.82, 2.24) is 0 Å². The maximum Gasteiger partial charge on any atom is 0.232 e. The maximum atomic E-state index is 10.6. The van der Waals surface area contributed by atoms with E-state index in [-0.39, 0.29) is 11.4 Å². The molecule has 0 rings (SSSR count). The Kier molecular flexibility index (Phi) is 6.02. The average molecular weight is 243 g/mol. The van der Waals surface area contributed by atoms with Crippen LogP contribution < -0.4 is 0 Å². The second-order valence-corrected chi connectivity index (χ2v) is 7.16. The van der Waals surface area contributed by atoms with Crippen LogP contribution in [-0.2, 0) is 13.8 Å². The van der Waals surface area contributed by atoms with Gasteiger partial charge in [-0.15, -0.1) is 0 Å². The zero-order valence-corrected chi connectivity index (χ0v) is 10.6. The summed E-state index contributed by atoms with van der Waals surface area (Å²) in [5, 5.41) is 0. The minimum Gasteiger partial charge on any atom is -0.376 e. The van der Waals surface area contributed by atoms with Crippen molar-refractivity contribution < 1.29 is 13.2 Å². The first-order valence-corrected chi connectivity index (χ1v) is 7.25. The zero-order valence-electron chi connectivity index (χ0n) is 9.05. The third kappa shape index (κ3) is 12.2. The van der Waals surface area contributed by atoms with E-state index in [1.807, 2.05) is 20.8 Å². The first kappa shape index (κ1) is 14.2. The average Bonchev–Trinajstić information content (AvgIpc) is 1.92. The van der Waals surface area contributed by atoms with Crippen LogP contribution in [0.15, 0.2) is 0 Å². The molecule has 0 heterocycles. The molecule has 0 bridgehead atoms. The van der Waals surface area contributed by atoms with Gasteiger partial charge < -0.3 is 4.74 Å². The van der Waals surface area contributed by atoms with Gasteiger partial charge in [0.2, 0.25) is 9.05 Å². The topological polar surface area (TPSA) is 43.4 Å². The molecule has 0 aromatic heterocycles. The van der Waals surface area contributed by atoms with Gasteiger partial charge >= 0.3 is 0 Å². The van der Waals surface area contributed by atoms with E-state index in [9.17, 15) is 8.42 Å². The van der Waals surface area contributed by atoms with Crippen molar-refractivity contribution in [3.8, 4) is 0 Å². The summed E-state index contributed by atoms with van der Waals surface area (Å²) in [5.74, 6) is 0.0596. The van der Waals surface area contributed by atoms with Crippen molar-refractivity contribution in [2.24, 2.45) is 0 Å². The lowest BCUT2D eigenvalue weighted by atomic mass is 10.2. The van der Waals surface area contributed by atoms with E-state index in [1.165, 1.54) is 0 Å². The van der Waals surface area contributed by atoms with Gasteiger partial charge in [0, 0.05) is 17.3 Å². The quantitative estimate of drug-likeness (QED) is 0.531. The van der Waals surface area contributed by atoms with E-state index in [2.05, 4.69) is 0 Å². The Bertz CT molecular complexity index is 241. The van der Waals surface area contributed by atoms with Gasteiger partial charge in [0.1, 0.15) is 0 Å². The van der Waals surface area contributed by atoms with E-state index in [0.29, 0.717) is 13.0 Å². The smallest absolute Gasteiger partial charge is 0.232 e. The molecule has 3 nitrogen and oxygen atoms in total. The Hall–Kier alpha value is 0.200. The Morgan fingerprint density at radius 1 is 1.14 bits per heavy atom. The number of hydrogen-bond donors (Lipinski definition) is 0. The Morgan fingerprint density at radius 2 is 1.71 bits per heavy atom. The molecule has 86 valence electrons. The summed E-state index contributed by atoms with van der Waals surface area (Å²) in [6.07, 6.45) is 2.32. The van der Waals surface area contributed by atoms with Gasteiger partial charge in [0.15, 0.2) is 0 Å². The van der Waals surface area contributed by atoms with E-state index < -0.39 is 9.05 Å². The molecule has 0 aliphatic heterocycles. The molecule has 0 amide bonds. The van der Waals surface area contributed by atoms with E-state index in [0.717, 1.165) is 12.8 Å². The fourth-order valence-corrected chi connectivity index (χ4v) is 1.81. The van der Waals surface area contributed by atoms with Crippen molar-refractivity contribution in [1.29, 1.82) is 0 Å². The van der Waals surface area contributed by atoms with Gasteiger partial charge in [-0.05, 0) is 33.6 Å². The first-order chi connectivity index (χ1) is 6.21. The lowest BCUT2D eigenvalue weighted by Gasteiger charge is -2.19. The third-order valence-corrected chi connectivity index (χ3v) is 2.81. The molecule has 14 heavy (non-hydrogen) atoms. The zero-order chi connectivity index (χ0) is 11.2. The molecule has 0 radical (unpaired) electrons. The summed E-state index contributed by atoms with van der Waals surface area (Å²) in [5.41, 5.74) is -0.113. The number of unbranched alkanes of at least 4 members (excludes halogenated alkanes) is 2. The molecule has 0 saturated carbocycles. The summed E-state index contributed by atoms with van der Waals surface area (Å²) in [6.45, 7) is 6.66. The standard InChI is InChI=1S/C9H19ClO3S/c1-9(2,3)13-7-5-4-6-8-14(10,11)12/h4-8H2,1-3H3. The summed E-state index contributed by atoms with van der Waals surface area (Å²) in [4.78, 5) is 0. The largest absolute Gasteiger partial charge is 0.376 e. The van der Waals surface area contributed by atoms with Crippen molar-refractivity contribution in [3.63, 3.8) is 0 Å². The second kappa shape index (κ2) is 5.93. The molecule has 0 N–H and O–H groups in total. The predicted octanol–water partition coefficient (Wildman–Crippen LogP) is 2.54. The number of hydrogen-bond acceptors (Lipinski definition) is 3. The molecule has 0 unspecified atom stereocenters. The molecule has 5 heteroatoms. The van der Waals surface area contributed by atoms with Crippen molar-refractivity contribution in [3.05, 3.63) is 0 Å². The van der Waals surface area contributed by atoms with Crippen LogP contribution >= 0.6 is 10.7 Å². The lowest BCUT2D eigenvalue weighted by Crippen LogP contribution is -2.19. The molecule has 0 atom stereocenters. The molecule has 0 aliphatic carbocycles. The van der Waals surface area contributed by atoms with Crippen molar-refractivity contribution in [2.45, 2.75) is 45.6 Å². The van der Waals surface area contributed by atoms with Gasteiger partial charge in [-0.25, -0.2) is 8.42 Å². The number of ether oxygens (including phenoxy) is 1. The fraction of sp³-hybridized carbons (Fsp3) is 1.00. The van der Waals surface area contributed by atoms with Crippen molar-refractivity contribution in [2.75, 3.05) is 12.4 Å². The second-order valence-electron chi connectivity index (χ2n) is 4.26. The number of rotatable bonds is 6. The maximum absolute atomic E-state index is 10.6. The molecule has 0 spiro atoms. The van der Waals surface area contributed by atoms with Crippen LogP contribution in [0.5, 0.6) is 0 Å². The van der Waals surface area contributed by atoms with Crippen LogP contribution in [0.3, 0.4) is 0 Å². The Morgan fingerprint density at radius 3 is 2.14 bits per heavy atom. The van der Waals surface area contributed by atoms with Crippen LogP contribution in [0.25, 0.3) is 0 Å².